The minimum atomic E-state index is -0.361. The van der Waals surface area contributed by atoms with Gasteiger partial charge in [0.2, 0.25) is 6.79 Å². The van der Waals surface area contributed by atoms with Gasteiger partial charge >= 0.3 is 0 Å². The molecular weight excluding hydrogens is 518 g/mol. The van der Waals surface area contributed by atoms with Crippen molar-refractivity contribution in [2.75, 3.05) is 31.1 Å². The van der Waals surface area contributed by atoms with Crippen LogP contribution in [-0.2, 0) is 9.59 Å². The molecule has 2 aliphatic rings. The Balaban J connectivity index is 1.33. The number of benzene rings is 3. The van der Waals surface area contributed by atoms with Crippen molar-refractivity contribution in [3.05, 3.63) is 82.9 Å². The van der Waals surface area contributed by atoms with Crippen LogP contribution in [0.5, 0.6) is 17.2 Å². The van der Waals surface area contributed by atoms with E-state index in [4.69, 9.17) is 14.2 Å². The van der Waals surface area contributed by atoms with E-state index in [0.717, 1.165) is 4.90 Å². The number of imide groups is 1. The Bertz CT molecular complexity index is 1450. The summed E-state index contributed by atoms with van der Waals surface area (Å²) in [4.78, 5) is 41.6. The van der Waals surface area contributed by atoms with Crippen LogP contribution in [-0.4, -0.2) is 43.1 Å². The number of hydrogen-bond donors (Lipinski definition) is 2. The predicted molar refractivity (Wildman–Crippen MR) is 148 cm³/mol. The van der Waals surface area contributed by atoms with Gasteiger partial charge in [-0.15, -0.1) is 0 Å². The first-order chi connectivity index (χ1) is 18.8. The van der Waals surface area contributed by atoms with Gasteiger partial charge in [0, 0.05) is 28.4 Å². The quantitative estimate of drug-likeness (QED) is 0.357. The Morgan fingerprint density at radius 1 is 0.949 bits per heavy atom. The minimum absolute atomic E-state index is 0.122. The first-order valence-corrected chi connectivity index (χ1v) is 13.1. The molecule has 0 atom stereocenters. The molecule has 0 saturated heterocycles. The van der Waals surface area contributed by atoms with Crippen LogP contribution in [0.15, 0.2) is 82.2 Å². The first kappa shape index (κ1) is 26.2. The van der Waals surface area contributed by atoms with Gasteiger partial charge in [-0.3, -0.25) is 19.3 Å². The van der Waals surface area contributed by atoms with Crippen LogP contribution < -0.4 is 24.8 Å². The summed E-state index contributed by atoms with van der Waals surface area (Å²) >= 11 is 1.20. The lowest BCUT2D eigenvalue weighted by molar-refractivity contribution is -0.137. The maximum Gasteiger partial charge on any atom is 0.278 e. The average Bonchev–Trinajstić information content (AvgIpc) is 3.49. The summed E-state index contributed by atoms with van der Waals surface area (Å²) in [6.07, 6.45) is 0. The minimum Gasteiger partial charge on any atom is -0.497 e. The highest BCUT2D eigenvalue weighted by atomic mass is 32.2. The van der Waals surface area contributed by atoms with E-state index in [2.05, 4.69) is 10.6 Å². The zero-order chi connectivity index (χ0) is 27.5. The molecule has 9 nitrogen and oxygen atoms in total. The van der Waals surface area contributed by atoms with Crippen molar-refractivity contribution >= 4 is 40.9 Å². The highest BCUT2D eigenvalue weighted by molar-refractivity contribution is 8.04. The summed E-state index contributed by atoms with van der Waals surface area (Å²) in [5, 5.41) is 5.99. The molecule has 3 amide bonds. The molecule has 0 spiro atoms. The Morgan fingerprint density at radius 2 is 1.64 bits per heavy atom. The molecule has 0 fully saturated rings. The topological polar surface area (TPSA) is 106 Å². The number of carbonyl (C=O) groups excluding carboxylic acids is 3. The summed E-state index contributed by atoms with van der Waals surface area (Å²) in [6, 6.07) is 19.2. The molecule has 3 aromatic carbocycles. The maximum absolute atomic E-state index is 13.3. The molecule has 0 saturated carbocycles. The molecule has 0 bridgehead atoms. The number of carbonyl (C=O) groups is 3. The Kier molecular flexibility index (Phi) is 7.47. The van der Waals surface area contributed by atoms with Crippen molar-refractivity contribution in [2.45, 2.75) is 18.7 Å². The monoisotopic (exact) mass is 545 g/mol. The van der Waals surface area contributed by atoms with E-state index in [-0.39, 0.29) is 36.1 Å². The van der Waals surface area contributed by atoms with Crippen LogP contribution in [0.1, 0.15) is 24.2 Å². The van der Waals surface area contributed by atoms with Gasteiger partial charge in [-0.1, -0.05) is 25.6 Å². The number of thioether (sulfide) groups is 1. The maximum atomic E-state index is 13.3. The summed E-state index contributed by atoms with van der Waals surface area (Å²) in [5.74, 6) is 0.957. The number of ether oxygens (including phenoxy) is 3. The van der Waals surface area contributed by atoms with Crippen molar-refractivity contribution in [1.82, 2.24) is 4.90 Å². The van der Waals surface area contributed by atoms with Crippen molar-refractivity contribution < 1.29 is 28.6 Å². The zero-order valence-electron chi connectivity index (χ0n) is 21.6. The molecule has 2 aliphatic heterocycles. The van der Waals surface area contributed by atoms with E-state index >= 15 is 0 Å². The van der Waals surface area contributed by atoms with Crippen molar-refractivity contribution in [3.63, 3.8) is 0 Å². The summed E-state index contributed by atoms with van der Waals surface area (Å²) < 4.78 is 15.8. The van der Waals surface area contributed by atoms with Gasteiger partial charge in [0.05, 0.1) is 7.11 Å². The average molecular weight is 546 g/mol. The van der Waals surface area contributed by atoms with Gasteiger partial charge in [0.1, 0.15) is 16.4 Å². The van der Waals surface area contributed by atoms with Crippen LogP contribution in [0.25, 0.3) is 0 Å². The fraction of sp³-hybridized carbons (Fsp3) is 0.207. The Morgan fingerprint density at radius 3 is 2.33 bits per heavy atom. The van der Waals surface area contributed by atoms with Crippen molar-refractivity contribution in [2.24, 2.45) is 5.92 Å². The second kappa shape index (κ2) is 11.1. The fourth-order valence-electron chi connectivity index (χ4n) is 4.07. The molecule has 2 N–H and O–H groups in total. The lowest BCUT2D eigenvalue weighted by atomic mass is 10.2. The summed E-state index contributed by atoms with van der Waals surface area (Å²) in [6.45, 7) is 4.37. The Hall–Kier alpha value is -4.44. The smallest absolute Gasteiger partial charge is 0.278 e. The van der Waals surface area contributed by atoms with Crippen molar-refractivity contribution in [3.8, 4) is 17.2 Å². The molecule has 0 aromatic heterocycles. The molecule has 10 heteroatoms. The lowest BCUT2D eigenvalue weighted by Crippen LogP contribution is -2.35. The third-order valence-electron chi connectivity index (χ3n) is 6.00. The molecule has 5 rings (SSSR count). The number of fused-ring (bicyclic) bond motifs is 1. The van der Waals surface area contributed by atoms with E-state index in [1.54, 1.807) is 73.8 Å². The zero-order valence-corrected chi connectivity index (χ0v) is 22.5. The fourth-order valence-corrected chi connectivity index (χ4v) is 5.02. The molecule has 0 radical (unpaired) electrons. The molecule has 0 aliphatic carbocycles. The standard InChI is InChI=1S/C29H27N3O6S/c1-17(2)15-32-28(34)25(30-19-5-9-21(36-3)10-6-19)26(29(32)35)39-22-11-7-20(8-12-22)31-27(33)18-4-13-23-24(14-18)38-16-37-23/h4-14,17,30H,15-16H2,1-3H3,(H,31,33). The second-order valence-electron chi connectivity index (χ2n) is 9.32. The highest BCUT2D eigenvalue weighted by Crippen LogP contribution is 2.37. The predicted octanol–water partition coefficient (Wildman–Crippen LogP) is 5.12. The molecule has 0 unspecified atom stereocenters. The number of amides is 3. The summed E-state index contributed by atoms with van der Waals surface area (Å²) in [7, 11) is 1.58. The van der Waals surface area contributed by atoms with Gasteiger partial charge in [-0.2, -0.15) is 0 Å². The van der Waals surface area contributed by atoms with E-state index in [0.29, 0.717) is 45.6 Å². The SMILES string of the molecule is COc1ccc(NC2=C(Sc3ccc(NC(=O)c4ccc5c(c4)OCO5)cc3)C(=O)N(CC(C)C)C2=O)cc1. The van der Waals surface area contributed by atoms with Gasteiger partial charge in [-0.05, 0) is 72.6 Å². The summed E-state index contributed by atoms with van der Waals surface area (Å²) in [5.41, 5.74) is 1.93. The van der Waals surface area contributed by atoms with E-state index in [1.165, 1.54) is 16.7 Å². The third kappa shape index (κ3) is 5.70. The van der Waals surface area contributed by atoms with Gasteiger partial charge in [-0.25, -0.2) is 0 Å². The van der Waals surface area contributed by atoms with Crippen LogP contribution >= 0.6 is 11.8 Å². The van der Waals surface area contributed by atoms with E-state index < -0.39 is 0 Å². The molecular formula is C29H27N3O6S. The number of nitrogens with zero attached hydrogens (tertiary/aromatic N) is 1. The van der Waals surface area contributed by atoms with Gasteiger partial charge < -0.3 is 24.8 Å². The number of anilines is 2. The second-order valence-corrected chi connectivity index (χ2v) is 10.4. The number of rotatable bonds is 9. The van der Waals surface area contributed by atoms with Gasteiger partial charge in [0.25, 0.3) is 17.7 Å². The number of methoxy groups -OCH3 is 1. The number of nitrogens with one attached hydrogen (secondary N) is 2. The highest BCUT2D eigenvalue weighted by Gasteiger charge is 2.39. The van der Waals surface area contributed by atoms with E-state index in [1.807, 2.05) is 13.8 Å². The molecule has 39 heavy (non-hydrogen) atoms. The van der Waals surface area contributed by atoms with Gasteiger partial charge in [0.15, 0.2) is 11.5 Å². The van der Waals surface area contributed by atoms with Crippen LogP contribution in [0.2, 0.25) is 0 Å². The Labute approximate surface area is 230 Å². The molecule has 200 valence electrons. The normalized spacial score (nSPS) is 14.3. The van der Waals surface area contributed by atoms with Crippen LogP contribution in [0.3, 0.4) is 0 Å². The molecule has 3 aromatic rings. The van der Waals surface area contributed by atoms with Crippen LogP contribution in [0.4, 0.5) is 11.4 Å². The van der Waals surface area contributed by atoms with Crippen LogP contribution in [0, 0.1) is 5.92 Å². The molecule has 2 heterocycles. The number of hydrogen-bond acceptors (Lipinski definition) is 8. The first-order valence-electron chi connectivity index (χ1n) is 12.3. The van der Waals surface area contributed by atoms with Crippen molar-refractivity contribution in [1.29, 1.82) is 0 Å². The largest absolute Gasteiger partial charge is 0.497 e. The third-order valence-corrected chi connectivity index (χ3v) is 7.09. The lowest BCUT2D eigenvalue weighted by Gasteiger charge is -2.17. The van der Waals surface area contributed by atoms with E-state index in [9.17, 15) is 14.4 Å².